The average molecular weight is 289 g/mol. The maximum absolute atomic E-state index is 9.79. The van der Waals surface area contributed by atoms with Crippen molar-refractivity contribution < 1.29 is 19.7 Å². The first-order valence-electron chi connectivity index (χ1n) is 6.53. The van der Waals surface area contributed by atoms with Gasteiger partial charge in [0, 0.05) is 23.9 Å². The molecule has 3 N–H and O–H groups in total. The van der Waals surface area contributed by atoms with Gasteiger partial charge < -0.3 is 25.0 Å². The molecule has 0 amide bonds. The molecule has 0 fully saturated rings. The highest BCUT2D eigenvalue weighted by Crippen LogP contribution is 2.34. The summed E-state index contributed by atoms with van der Waals surface area (Å²) in [6.07, 6.45) is 0. The third-order valence-electron chi connectivity index (χ3n) is 3.30. The van der Waals surface area contributed by atoms with Crippen LogP contribution in [0.4, 0.5) is 5.69 Å². The van der Waals surface area contributed by atoms with Crippen LogP contribution in [0.2, 0.25) is 0 Å². The van der Waals surface area contributed by atoms with Crippen molar-refractivity contribution in [1.82, 2.24) is 0 Å². The van der Waals surface area contributed by atoms with E-state index in [2.05, 4.69) is 5.32 Å². The molecular weight excluding hydrogens is 270 g/mol. The SMILES string of the molecule is COc1cc(C)c(NCc2cccc(O)c2O)cc1OC. The van der Waals surface area contributed by atoms with Gasteiger partial charge in [-0.1, -0.05) is 12.1 Å². The Kier molecular flexibility index (Phi) is 4.42. The molecule has 2 aromatic rings. The van der Waals surface area contributed by atoms with Crippen LogP contribution < -0.4 is 14.8 Å². The van der Waals surface area contributed by atoms with Crippen molar-refractivity contribution in [1.29, 1.82) is 0 Å². The summed E-state index contributed by atoms with van der Waals surface area (Å²) >= 11 is 0. The lowest BCUT2D eigenvalue weighted by molar-refractivity contribution is 0.355. The average Bonchev–Trinajstić information content (AvgIpc) is 2.49. The summed E-state index contributed by atoms with van der Waals surface area (Å²) in [4.78, 5) is 0. The van der Waals surface area contributed by atoms with Crippen LogP contribution in [0, 0.1) is 6.92 Å². The summed E-state index contributed by atoms with van der Waals surface area (Å²) in [5.74, 6) is 1.06. The van der Waals surface area contributed by atoms with E-state index in [9.17, 15) is 10.2 Å². The molecule has 0 bridgehead atoms. The van der Waals surface area contributed by atoms with E-state index >= 15 is 0 Å². The summed E-state index contributed by atoms with van der Waals surface area (Å²) in [6.45, 7) is 2.34. The number of hydrogen-bond donors (Lipinski definition) is 3. The Morgan fingerprint density at radius 2 is 1.71 bits per heavy atom. The zero-order valence-corrected chi connectivity index (χ0v) is 12.3. The van der Waals surface area contributed by atoms with Crippen LogP contribution in [0.15, 0.2) is 30.3 Å². The number of hydrogen-bond acceptors (Lipinski definition) is 5. The van der Waals surface area contributed by atoms with Crippen LogP contribution in [0.25, 0.3) is 0 Å². The lowest BCUT2D eigenvalue weighted by Gasteiger charge is -2.15. The van der Waals surface area contributed by atoms with E-state index in [1.54, 1.807) is 26.4 Å². The van der Waals surface area contributed by atoms with Crippen molar-refractivity contribution in [3.8, 4) is 23.0 Å². The molecule has 5 nitrogen and oxygen atoms in total. The van der Waals surface area contributed by atoms with Gasteiger partial charge >= 0.3 is 0 Å². The molecule has 0 radical (unpaired) electrons. The summed E-state index contributed by atoms with van der Waals surface area (Å²) in [7, 11) is 3.17. The zero-order valence-electron chi connectivity index (χ0n) is 12.3. The van der Waals surface area contributed by atoms with E-state index in [-0.39, 0.29) is 11.5 Å². The third-order valence-corrected chi connectivity index (χ3v) is 3.30. The van der Waals surface area contributed by atoms with Crippen LogP contribution in [0.1, 0.15) is 11.1 Å². The molecule has 112 valence electrons. The molecule has 5 heteroatoms. The van der Waals surface area contributed by atoms with Gasteiger partial charge in [0.25, 0.3) is 0 Å². The van der Waals surface area contributed by atoms with Gasteiger partial charge in [0.2, 0.25) is 0 Å². The number of aryl methyl sites for hydroxylation is 1. The minimum Gasteiger partial charge on any atom is -0.504 e. The van der Waals surface area contributed by atoms with Gasteiger partial charge in [0.15, 0.2) is 23.0 Å². The molecule has 2 rings (SSSR count). The smallest absolute Gasteiger partial charge is 0.162 e. The van der Waals surface area contributed by atoms with Gasteiger partial charge in [0.05, 0.1) is 14.2 Å². The molecule has 0 unspecified atom stereocenters. The number of para-hydroxylation sites is 1. The van der Waals surface area contributed by atoms with Crippen molar-refractivity contribution in [3.05, 3.63) is 41.5 Å². The van der Waals surface area contributed by atoms with Crippen LogP contribution in [0.3, 0.4) is 0 Å². The molecule has 0 heterocycles. The van der Waals surface area contributed by atoms with E-state index in [1.807, 2.05) is 19.1 Å². The molecule has 0 atom stereocenters. The molecule has 0 spiro atoms. The van der Waals surface area contributed by atoms with Crippen molar-refractivity contribution in [2.75, 3.05) is 19.5 Å². The lowest BCUT2D eigenvalue weighted by Crippen LogP contribution is -2.02. The number of ether oxygens (including phenoxy) is 2. The quantitative estimate of drug-likeness (QED) is 0.738. The standard InChI is InChI=1S/C16H19NO4/c1-10-7-14(20-2)15(21-3)8-12(10)17-9-11-5-4-6-13(18)16(11)19/h4-8,17-19H,9H2,1-3H3. The Morgan fingerprint density at radius 3 is 2.38 bits per heavy atom. The van der Waals surface area contributed by atoms with Gasteiger partial charge in [-0.15, -0.1) is 0 Å². The number of aromatic hydroxyl groups is 2. The number of methoxy groups -OCH3 is 2. The van der Waals surface area contributed by atoms with Gasteiger partial charge in [-0.05, 0) is 24.6 Å². The highest BCUT2D eigenvalue weighted by Gasteiger charge is 2.10. The highest BCUT2D eigenvalue weighted by atomic mass is 16.5. The molecule has 0 saturated carbocycles. The fourth-order valence-corrected chi connectivity index (χ4v) is 2.08. The number of benzene rings is 2. The van der Waals surface area contributed by atoms with Gasteiger partial charge in [-0.3, -0.25) is 0 Å². The number of rotatable bonds is 5. The number of phenols is 2. The maximum Gasteiger partial charge on any atom is 0.162 e. The van der Waals surface area contributed by atoms with Crippen LogP contribution in [-0.2, 0) is 6.54 Å². The van der Waals surface area contributed by atoms with E-state index < -0.39 is 0 Å². The Hall–Kier alpha value is -2.56. The van der Waals surface area contributed by atoms with Crippen molar-refractivity contribution in [2.45, 2.75) is 13.5 Å². The first kappa shape index (κ1) is 14.8. The third kappa shape index (κ3) is 3.13. The van der Waals surface area contributed by atoms with Crippen LogP contribution in [-0.4, -0.2) is 24.4 Å². The van der Waals surface area contributed by atoms with Crippen molar-refractivity contribution in [3.63, 3.8) is 0 Å². The summed E-state index contributed by atoms with van der Waals surface area (Å²) in [5, 5.41) is 22.5. The molecule has 2 aromatic carbocycles. The van der Waals surface area contributed by atoms with Crippen LogP contribution >= 0.6 is 0 Å². The Labute approximate surface area is 123 Å². The van der Waals surface area contributed by atoms with Crippen molar-refractivity contribution >= 4 is 5.69 Å². The Balaban J connectivity index is 2.22. The first-order valence-corrected chi connectivity index (χ1v) is 6.53. The second kappa shape index (κ2) is 6.26. The molecule has 0 aliphatic carbocycles. The monoisotopic (exact) mass is 289 g/mol. The molecule has 0 aromatic heterocycles. The second-order valence-electron chi connectivity index (χ2n) is 4.66. The minimum absolute atomic E-state index is 0.108. The minimum atomic E-state index is -0.127. The molecular formula is C16H19NO4. The van der Waals surface area contributed by atoms with Crippen molar-refractivity contribution in [2.24, 2.45) is 0 Å². The first-order chi connectivity index (χ1) is 10.1. The molecule has 0 aliphatic heterocycles. The second-order valence-corrected chi connectivity index (χ2v) is 4.66. The van der Waals surface area contributed by atoms with Gasteiger partial charge in [-0.2, -0.15) is 0 Å². The van der Waals surface area contributed by atoms with E-state index in [4.69, 9.17) is 9.47 Å². The van der Waals surface area contributed by atoms with E-state index in [0.29, 0.717) is 23.6 Å². The van der Waals surface area contributed by atoms with Gasteiger partial charge in [0.1, 0.15) is 0 Å². The maximum atomic E-state index is 9.79. The molecule has 0 saturated heterocycles. The predicted molar refractivity (Wildman–Crippen MR) is 81.4 cm³/mol. The van der Waals surface area contributed by atoms with Gasteiger partial charge in [-0.25, -0.2) is 0 Å². The van der Waals surface area contributed by atoms with E-state index in [1.165, 1.54) is 6.07 Å². The summed E-state index contributed by atoms with van der Waals surface area (Å²) in [5.41, 5.74) is 2.48. The normalized spacial score (nSPS) is 10.2. The molecule has 0 aliphatic rings. The fraction of sp³-hybridized carbons (Fsp3) is 0.250. The van der Waals surface area contributed by atoms with Crippen LogP contribution in [0.5, 0.6) is 23.0 Å². The fourth-order valence-electron chi connectivity index (χ4n) is 2.08. The summed E-state index contributed by atoms with van der Waals surface area (Å²) in [6, 6.07) is 8.60. The largest absolute Gasteiger partial charge is 0.504 e. The summed E-state index contributed by atoms with van der Waals surface area (Å²) < 4.78 is 10.5. The van der Waals surface area contributed by atoms with E-state index in [0.717, 1.165) is 11.3 Å². The Morgan fingerprint density at radius 1 is 1.05 bits per heavy atom. The predicted octanol–water partition coefficient (Wildman–Crippen LogP) is 3.04. The zero-order chi connectivity index (χ0) is 15.4. The number of phenolic OH excluding ortho intramolecular Hbond substituents is 2. The molecule has 21 heavy (non-hydrogen) atoms. The Bertz CT molecular complexity index is 640. The highest BCUT2D eigenvalue weighted by molar-refractivity contribution is 5.60. The topological polar surface area (TPSA) is 71.0 Å². The lowest BCUT2D eigenvalue weighted by atomic mass is 10.1. The number of anilines is 1. The number of nitrogens with one attached hydrogen (secondary N) is 1.